The lowest BCUT2D eigenvalue weighted by atomic mass is 9.99. The number of hydrogen-bond acceptors (Lipinski definition) is 3. The van der Waals surface area contributed by atoms with Gasteiger partial charge in [0.25, 0.3) is 5.91 Å². The molecule has 0 spiro atoms. The molecule has 3 aromatic rings. The van der Waals surface area contributed by atoms with Crippen molar-refractivity contribution >= 4 is 39.9 Å². The van der Waals surface area contributed by atoms with Crippen molar-refractivity contribution in [1.29, 1.82) is 0 Å². The quantitative estimate of drug-likeness (QED) is 0.610. The van der Waals surface area contributed by atoms with Crippen molar-refractivity contribution < 1.29 is 14.4 Å². The van der Waals surface area contributed by atoms with Crippen LogP contribution in [-0.4, -0.2) is 17.7 Å². The molecule has 3 amide bonds. The van der Waals surface area contributed by atoms with Crippen LogP contribution < -0.4 is 16.0 Å². The summed E-state index contributed by atoms with van der Waals surface area (Å²) in [6, 6.07) is 18.5. The molecule has 0 aliphatic rings. The molecule has 0 saturated carbocycles. The maximum absolute atomic E-state index is 12.9. The van der Waals surface area contributed by atoms with Gasteiger partial charge in [-0.3, -0.25) is 14.4 Å². The maximum Gasteiger partial charge on any atom is 0.251 e. The predicted octanol–water partition coefficient (Wildman–Crippen LogP) is 4.25. The van der Waals surface area contributed by atoms with Crippen LogP contribution in [0.4, 0.5) is 11.4 Å². The normalized spacial score (nSPS) is 11.6. The maximum atomic E-state index is 12.9. The summed E-state index contributed by atoms with van der Waals surface area (Å²) in [7, 11) is 0. The number of benzene rings is 3. The number of nitrogens with one attached hydrogen (secondary N) is 3. The minimum absolute atomic E-state index is 0.234. The zero-order valence-corrected chi connectivity index (χ0v) is 16.6. The second-order valence-electron chi connectivity index (χ2n) is 6.92. The fourth-order valence-corrected chi connectivity index (χ4v) is 3.30. The van der Waals surface area contributed by atoms with Gasteiger partial charge in [-0.25, -0.2) is 0 Å². The minimum atomic E-state index is -0.302. The predicted molar refractivity (Wildman–Crippen MR) is 115 cm³/mol. The van der Waals surface area contributed by atoms with Crippen LogP contribution in [0.3, 0.4) is 0 Å². The van der Waals surface area contributed by atoms with Crippen LogP contribution >= 0.6 is 0 Å². The summed E-state index contributed by atoms with van der Waals surface area (Å²) in [6.45, 7) is 4.69. The summed E-state index contributed by atoms with van der Waals surface area (Å²) in [6.07, 6.45) is 0. The average Bonchev–Trinajstić information content (AvgIpc) is 2.66. The third kappa shape index (κ3) is 4.99. The Kier molecular flexibility index (Phi) is 5.93. The zero-order chi connectivity index (χ0) is 21.0. The molecular formula is C23H23N3O3. The van der Waals surface area contributed by atoms with Gasteiger partial charge in [0, 0.05) is 30.8 Å². The second kappa shape index (κ2) is 8.56. The molecule has 1 unspecified atom stereocenters. The summed E-state index contributed by atoms with van der Waals surface area (Å²) in [4.78, 5) is 35.7. The van der Waals surface area contributed by atoms with Crippen LogP contribution in [0.2, 0.25) is 0 Å². The highest BCUT2D eigenvalue weighted by molar-refractivity contribution is 6.00. The summed E-state index contributed by atoms with van der Waals surface area (Å²) in [5.41, 5.74) is 2.22. The van der Waals surface area contributed by atoms with E-state index in [0.717, 1.165) is 16.3 Å². The van der Waals surface area contributed by atoms with E-state index >= 15 is 0 Å². The Hall–Kier alpha value is -3.67. The van der Waals surface area contributed by atoms with Gasteiger partial charge in [-0.1, -0.05) is 42.5 Å². The van der Waals surface area contributed by atoms with Crippen molar-refractivity contribution in [3.05, 3.63) is 71.8 Å². The van der Waals surface area contributed by atoms with Crippen LogP contribution in [0.15, 0.2) is 60.7 Å². The average molecular weight is 389 g/mol. The lowest BCUT2D eigenvalue weighted by Crippen LogP contribution is -2.27. The Morgan fingerprint density at radius 3 is 2.00 bits per heavy atom. The molecule has 0 radical (unpaired) electrons. The number of fused-ring (bicyclic) bond motifs is 1. The number of amides is 3. The van der Waals surface area contributed by atoms with E-state index in [9.17, 15) is 14.4 Å². The van der Waals surface area contributed by atoms with Crippen molar-refractivity contribution in [2.24, 2.45) is 0 Å². The van der Waals surface area contributed by atoms with Crippen molar-refractivity contribution in [2.75, 3.05) is 10.6 Å². The molecule has 0 aliphatic carbocycles. The van der Waals surface area contributed by atoms with Crippen molar-refractivity contribution in [1.82, 2.24) is 5.32 Å². The van der Waals surface area contributed by atoms with Crippen LogP contribution in [-0.2, 0) is 9.59 Å². The van der Waals surface area contributed by atoms with Gasteiger partial charge in [-0.15, -0.1) is 0 Å². The van der Waals surface area contributed by atoms with E-state index in [1.807, 2.05) is 49.4 Å². The van der Waals surface area contributed by atoms with Crippen LogP contribution in [0.5, 0.6) is 0 Å². The van der Waals surface area contributed by atoms with Crippen LogP contribution in [0.25, 0.3) is 10.8 Å². The van der Waals surface area contributed by atoms with Crippen LogP contribution in [0.1, 0.15) is 42.7 Å². The Morgan fingerprint density at radius 1 is 0.793 bits per heavy atom. The molecule has 0 bridgehead atoms. The molecule has 0 aromatic heterocycles. The monoisotopic (exact) mass is 389 g/mol. The Balaban J connectivity index is 1.88. The molecule has 3 N–H and O–H groups in total. The molecule has 3 rings (SSSR count). The topological polar surface area (TPSA) is 87.3 Å². The lowest BCUT2D eigenvalue weighted by molar-refractivity contribution is -0.115. The summed E-state index contributed by atoms with van der Waals surface area (Å²) in [5, 5.41) is 10.5. The van der Waals surface area contributed by atoms with Gasteiger partial charge < -0.3 is 16.0 Å². The fourth-order valence-electron chi connectivity index (χ4n) is 3.30. The molecule has 148 valence electrons. The van der Waals surface area contributed by atoms with Gasteiger partial charge in [-0.05, 0) is 41.5 Å². The molecule has 0 heterocycles. The molecule has 3 aromatic carbocycles. The van der Waals surface area contributed by atoms with Gasteiger partial charge >= 0.3 is 0 Å². The van der Waals surface area contributed by atoms with Gasteiger partial charge in [-0.2, -0.15) is 0 Å². The van der Waals surface area contributed by atoms with E-state index in [1.165, 1.54) is 13.8 Å². The van der Waals surface area contributed by atoms with E-state index in [4.69, 9.17) is 0 Å². The standard InChI is InChI=1S/C23H23N3O3/c1-14(21-10-6-8-17-7-4-5-9-22(17)21)24-23(29)18-11-19(25-15(2)27)13-20(12-18)26-16(3)28/h4-14H,1-3H3,(H,24,29)(H,25,27)(H,26,28). The highest BCUT2D eigenvalue weighted by atomic mass is 16.2. The van der Waals surface area contributed by atoms with Gasteiger partial charge in [0.1, 0.15) is 0 Å². The molecule has 1 atom stereocenters. The Morgan fingerprint density at radius 2 is 1.38 bits per heavy atom. The SMILES string of the molecule is CC(=O)Nc1cc(NC(C)=O)cc(C(=O)NC(C)c2cccc3ccccc23)c1. The number of carbonyl (C=O) groups excluding carboxylic acids is 3. The van der Waals surface area contributed by atoms with Gasteiger partial charge in [0.2, 0.25) is 11.8 Å². The number of carbonyl (C=O) groups is 3. The molecule has 6 heteroatoms. The molecule has 0 aliphatic heterocycles. The largest absolute Gasteiger partial charge is 0.345 e. The molecule has 0 saturated heterocycles. The van der Waals surface area contributed by atoms with Gasteiger partial charge in [0.15, 0.2) is 0 Å². The first-order valence-electron chi connectivity index (χ1n) is 9.32. The zero-order valence-electron chi connectivity index (χ0n) is 16.6. The molecular weight excluding hydrogens is 366 g/mol. The van der Waals surface area contributed by atoms with Crippen molar-refractivity contribution in [2.45, 2.75) is 26.8 Å². The number of hydrogen-bond donors (Lipinski definition) is 3. The smallest absolute Gasteiger partial charge is 0.251 e. The Labute approximate surface area is 169 Å². The first kappa shape index (κ1) is 20.1. The first-order chi connectivity index (χ1) is 13.8. The fraction of sp³-hybridized carbons (Fsp3) is 0.174. The second-order valence-corrected chi connectivity index (χ2v) is 6.92. The number of rotatable bonds is 5. The van der Waals surface area contributed by atoms with Crippen molar-refractivity contribution in [3.63, 3.8) is 0 Å². The third-order valence-electron chi connectivity index (χ3n) is 4.47. The van der Waals surface area contributed by atoms with Gasteiger partial charge in [0.05, 0.1) is 6.04 Å². The number of anilines is 2. The minimum Gasteiger partial charge on any atom is -0.345 e. The van der Waals surface area contributed by atoms with E-state index in [0.29, 0.717) is 16.9 Å². The van der Waals surface area contributed by atoms with Crippen LogP contribution in [0, 0.1) is 0 Å². The van der Waals surface area contributed by atoms with Crippen molar-refractivity contribution in [3.8, 4) is 0 Å². The summed E-state index contributed by atoms with van der Waals surface area (Å²) >= 11 is 0. The summed E-state index contributed by atoms with van der Waals surface area (Å²) in [5.74, 6) is -0.829. The van der Waals surface area contributed by atoms with E-state index < -0.39 is 0 Å². The molecule has 29 heavy (non-hydrogen) atoms. The first-order valence-corrected chi connectivity index (χ1v) is 9.32. The highest BCUT2D eigenvalue weighted by Crippen LogP contribution is 2.25. The lowest BCUT2D eigenvalue weighted by Gasteiger charge is -2.17. The Bertz CT molecular complexity index is 1050. The molecule has 0 fully saturated rings. The highest BCUT2D eigenvalue weighted by Gasteiger charge is 2.15. The van der Waals surface area contributed by atoms with E-state index in [1.54, 1.807) is 18.2 Å². The van der Waals surface area contributed by atoms with E-state index in [2.05, 4.69) is 16.0 Å². The molecule has 6 nitrogen and oxygen atoms in total. The third-order valence-corrected chi connectivity index (χ3v) is 4.47. The van der Waals surface area contributed by atoms with E-state index in [-0.39, 0.29) is 23.8 Å². The summed E-state index contributed by atoms with van der Waals surface area (Å²) < 4.78 is 0.